The Morgan fingerprint density at radius 2 is 1.77 bits per heavy atom. The quantitative estimate of drug-likeness (QED) is 0.391. The van der Waals surface area contributed by atoms with Crippen LogP contribution in [0.1, 0.15) is 13.8 Å². The van der Waals surface area contributed by atoms with Crippen LogP contribution in [0.25, 0.3) is 0 Å². The van der Waals surface area contributed by atoms with Crippen molar-refractivity contribution in [2.45, 2.75) is 13.8 Å². The van der Waals surface area contributed by atoms with Crippen LogP contribution in [0.2, 0.25) is 0 Å². The number of primary amides is 1. The molecule has 0 aliphatic heterocycles. The Kier molecular flexibility index (Phi) is 3.39. The molecule has 0 bridgehead atoms. The van der Waals surface area contributed by atoms with Crippen molar-refractivity contribution < 1.29 is 17.8 Å². The lowest BCUT2D eigenvalue weighted by atomic mass is 10.2. The van der Waals surface area contributed by atoms with E-state index >= 15 is 0 Å². The number of carbonyl (C=O) groups excluding carboxylic acids is 1. The first kappa shape index (κ1) is 11.9. The fourth-order valence-electron chi connectivity index (χ4n) is 0.827. The first-order valence-corrected chi connectivity index (χ1v) is 4.76. The van der Waals surface area contributed by atoms with Crippen LogP contribution in [0.5, 0.6) is 0 Å². The lowest BCUT2D eigenvalue weighted by Gasteiger charge is -2.05. The summed E-state index contributed by atoms with van der Waals surface area (Å²) in [5, 5.41) is 0. The summed E-state index contributed by atoms with van der Waals surface area (Å²) in [6.07, 6.45) is 0. The van der Waals surface area contributed by atoms with Crippen molar-refractivity contribution in [3.05, 3.63) is 22.6 Å². The topological polar surface area (TPSA) is 97.5 Å². The van der Waals surface area contributed by atoms with Gasteiger partial charge in [-0.25, -0.2) is 0 Å². The van der Waals surface area contributed by atoms with Crippen molar-refractivity contribution in [2.75, 3.05) is 0 Å². The molecule has 0 radical (unpaired) electrons. The molecule has 0 atom stereocenters. The van der Waals surface area contributed by atoms with Crippen LogP contribution >= 0.6 is 0 Å². The highest BCUT2D eigenvalue weighted by Gasteiger charge is 2.21. The molecule has 0 aromatic rings. The normalized spacial score (nSPS) is 10.7. The third-order valence-electron chi connectivity index (χ3n) is 1.28. The predicted molar refractivity (Wildman–Crippen MR) is 48.3 cm³/mol. The molecule has 0 unspecified atom stereocenters. The van der Waals surface area contributed by atoms with Gasteiger partial charge in [-0.15, -0.1) is 0 Å². The zero-order valence-electron chi connectivity index (χ0n) is 7.36. The summed E-state index contributed by atoms with van der Waals surface area (Å²) in [5.41, 5.74) is 4.66. The molecule has 0 spiro atoms. The van der Waals surface area contributed by atoms with Crippen molar-refractivity contribution in [3.63, 3.8) is 0 Å². The van der Waals surface area contributed by atoms with E-state index in [0.29, 0.717) is 0 Å². The van der Waals surface area contributed by atoms with Gasteiger partial charge >= 0.3 is 0 Å². The molecule has 13 heavy (non-hydrogen) atoms. The number of amides is 1. The van der Waals surface area contributed by atoms with E-state index in [2.05, 4.69) is 6.58 Å². The molecule has 0 saturated heterocycles. The minimum Gasteiger partial charge on any atom is -0.366 e. The largest absolute Gasteiger partial charge is 0.366 e. The molecule has 1 amide bonds. The van der Waals surface area contributed by atoms with Crippen LogP contribution in [-0.2, 0) is 14.9 Å². The molecule has 5 nitrogen and oxygen atoms in total. The van der Waals surface area contributed by atoms with Gasteiger partial charge in [0, 0.05) is 0 Å². The molecule has 0 rings (SSSR count). The van der Waals surface area contributed by atoms with Gasteiger partial charge in [0.15, 0.2) is 0 Å². The summed E-state index contributed by atoms with van der Waals surface area (Å²) in [4.78, 5) is 10.1. The van der Waals surface area contributed by atoms with Gasteiger partial charge < -0.3 is 5.73 Å². The summed E-state index contributed by atoms with van der Waals surface area (Å²) < 4.78 is 30.2. The standard InChI is InChI=1S/C7H11NO4S/c1-4(2)6(13(10,11)12)5(3)7(8)9/h3H2,1-2H3,(H2,8,9)(H,10,11,12). The van der Waals surface area contributed by atoms with Crippen LogP contribution < -0.4 is 5.73 Å². The van der Waals surface area contributed by atoms with Gasteiger partial charge in [0.05, 0.1) is 5.57 Å². The fraction of sp³-hybridized carbons (Fsp3) is 0.286. The maximum absolute atomic E-state index is 10.7. The second-order valence-corrected chi connectivity index (χ2v) is 4.01. The van der Waals surface area contributed by atoms with Gasteiger partial charge in [-0.1, -0.05) is 12.2 Å². The Morgan fingerprint density at radius 1 is 1.38 bits per heavy atom. The first-order chi connectivity index (χ1) is 5.68. The average molecular weight is 205 g/mol. The van der Waals surface area contributed by atoms with Gasteiger partial charge in [-0.2, -0.15) is 8.42 Å². The lowest BCUT2D eigenvalue weighted by Crippen LogP contribution is -2.19. The molecular formula is C7H11NO4S. The molecule has 6 heteroatoms. The number of hydrogen-bond acceptors (Lipinski definition) is 3. The maximum Gasteiger partial charge on any atom is 0.295 e. The second kappa shape index (κ2) is 3.71. The van der Waals surface area contributed by atoms with E-state index in [-0.39, 0.29) is 5.57 Å². The predicted octanol–water partition coefficient (Wildman–Crippen LogP) is 0.210. The van der Waals surface area contributed by atoms with Gasteiger partial charge in [0.25, 0.3) is 10.1 Å². The second-order valence-electron chi connectivity index (χ2n) is 2.65. The highest BCUT2D eigenvalue weighted by molar-refractivity contribution is 7.90. The summed E-state index contributed by atoms with van der Waals surface area (Å²) in [5.74, 6) is -0.978. The van der Waals surface area contributed by atoms with Crippen LogP contribution in [0.15, 0.2) is 22.6 Å². The summed E-state index contributed by atoms with van der Waals surface area (Å²) in [6, 6.07) is 0. The number of rotatable bonds is 3. The molecule has 74 valence electrons. The molecular weight excluding hydrogens is 194 g/mol. The third-order valence-corrected chi connectivity index (χ3v) is 2.45. The van der Waals surface area contributed by atoms with Crippen molar-refractivity contribution in [3.8, 4) is 0 Å². The minimum atomic E-state index is -4.43. The molecule has 0 fully saturated rings. The maximum atomic E-state index is 10.7. The number of nitrogens with two attached hydrogens (primary N) is 1. The lowest BCUT2D eigenvalue weighted by molar-refractivity contribution is -0.114. The molecule has 0 aliphatic carbocycles. The molecule has 0 aromatic heterocycles. The summed E-state index contributed by atoms with van der Waals surface area (Å²) in [6.45, 7) is 6.03. The van der Waals surface area contributed by atoms with Crippen LogP contribution in [-0.4, -0.2) is 18.9 Å². The van der Waals surface area contributed by atoms with Crippen molar-refractivity contribution >= 4 is 16.0 Å². The SMILES string of the molecule is C=C(C(N)=O)C(=C(C)C)S(=O)(=O)O. The highest BCUT2D eigenvalue weighted by atomic mass is 32.2. The fourth-order valence-corrected chi connectivity index (χ4v) is 1.76. The first-order valence-electron chi connectivity index (χ1n) is 3.32. The highest BCUT2D eigenvalue weighted by Crippen LogP contribution is 2.18. The number of carbonyl (C=O) groups is 1. The van der Waals surface area contributed by atoms with E-state index in [4.69, 9.17) is 10.3 Å². The van der Waals surface area contributed by atoms with Crippen LogP contribution in [0, 0.1) is 0 Å². The summed E-state index contributed by atoms with van der Waals surface area (Å²) >= 11 is 0. The van der Waals surface area contributed by atoms with Gasteiger partial charge in [-0.05, 0) is 13.8 Å². The van der Waals surface area contributed by atoms with Crippen molar-refractivity contribution in [1.82, 2.24) is 0 Å². The zero-order valence-corrected chi connectivity index (χ0v) is 8.18. The molecule has 0 aliphatic rings. The van der Waals surface area contributed by atoms with Crippen molar-refractivity contribution in [1.29, 1.82) is 0 Å². The van der Waals surface area contributed by atoms with E-state index in [1.54, 1.807) is 0 Å². The van der Waals surface area contributed by atoms with Crippen LogP contribution in [0.4, 0.5) is 0 Å². The molecule has 3 N–H and O–H groups in total. The molecule has 0 aromatic carbocycles. The Morgan fingerprint density at radius 3 is 1.85 bits per heavy atom. The molecule has 0 heterocycles. The smallest absolute Gasteiger partial charge is 0.295 e. The van der Waals surface area contributed by atoms with E-state index in [1.165, 1.54) is 13.8 Å². The van der Waals surface area contributed by atoms with E-state index in [0.717, 1.165) is 0 Å². The van der Waals surface area contributed by atoms with E-state index in [9.17, 15) is 13.2 Å². The van der Waals surface area contributed by atoms with E-state index in [1.807, 2.05) is 0 Å². The van der Waals surface area contributed by atoms with E-state index < -0.39 is 26.5 Å². The van der Waals surface area contributed by atoms with Gasteiger partial charge in [0.2, 0.25) is 5.91 Å². The van der Waals surface area contributed by atoms with Gasteiger partial charge in [-0.3, -0.25) is 9.35 Å². The van der Waals surface area contributed by atoms with Crippen molar-refractivity contribution in [2.24, 2.45) is 5.73 Å². The van der Waals surface area contributed by atoms with Gasteiger partial charge in [0.1, 0.15) is 4.91 Å². The average Bonchev–Trinajstić information content (AvgIpc) is 1.82. The van der Waals surface area contributed by atoms with Crippen LogP contribution in [0.3, 0.4) is 0 Å². The number of hydrogen-bond donors (Lipinski definition) is 2. The minimum absolute atomic E-state index is 0.256. The number of allylic oxidation sites excluding steroid dienone is 1. The Balaban J connectivity index is 5.50. The molecule has 0 saturated carbocycles. The summed E-state index contributed by atoms with van der Waals surface area (Å²) in [7, 11) is -4.43. The Hall–Kier alpha value is -1.14. The Bertz CT molecular complexity index is 373. The zero-order chi connectivity index (χ0) is 10.8. The third kappa shape index (κ3) is 3.00. The monoisotopic (exact) mass is 205 g/mol. The Labute approximate surface area is 76.7 Å².